The van der Waals surface area contributed by atoms with Crippen LogP contribution in [0.15, 0.2) is 42.1 Å². The Morgan fingerprint density at radius 3 is 2.41 bits per heavy atom. The van der Waals surface area contributed by atoms with E-state index >= 15 is 0 Å². The lowest BCUT2D eigenvalue weighted by Gasteiger charge is -2.17. The molecule has 0 spiro atoms. The van der Waals surface area contributed by atoms with E-state index in [9.17, 15) is 26.0 Å². The third kappa shape index (κ3) is 4.35. The molecule has 0 aliphatic carbocycles. The third-order valence-corrected chi connectivity index (χ3v) is 6.25. The first-order valence-electron chi connectivity index (χ1n) is 9.32. The van der Waals surface area contributed by atoms with Gasteiger partial charge in [-0.15, -0.1) is 0 Å². The fourth-order valence-electron chi connectivity index (χ4n) is 3.12. The molecule has 0 radical (unpaired) electrons. The number of aromatic nitrogens is 7. The summed E-state index contributed by atoms with van der Waals surface area (Å²) in [5.74, 6) is -3.35. The zero-order valence-corrected chi connectivity index (χ0v) is 18.5. The summed E-state index contributed by atoms with van der Waals surface area (Å²) in [6.45, 7) is 1.63. The Labute approximate surface area is 194 Å². The maximum Gasteiger partial charge on any atom is 0.341 e. The van der Waals surface area contributed by atoms with Gasteiger partial charge in [-0.25, -0.2) is 42.1 Å². The van der Waals surface area contributed by atoms with Crippen molar-refractivity contribution >= 4 is 38.2 Å². The van der Waals surface area contributed by atoms with Crippen LogP contribution in [0, 0.1) is 0 Å². The topological polar surface area (TPSA) is 128 Å². The monoisotopic (exact) mass is 516 g/mol. The Morgan fingerprint density at radius 1 is 0.971 bits per heavy atom. The van der Waals surface area contributed by atoms with E-state index in [0.29, 0.717) is 0 Å². The molecule has 0 amide bonds. The molecule has 1 atom stereocenters. The van der Waals surface area contributed by atoms with Gasteiger partial charge >= 0.3 is 5.76 Å². The van der Waals surface area contributed by atoms with Crippen LogP contribution in [-0.2, 0) is 9.84 Å². The Bertz CT molecular complexity index is 1470. The van der Waals surface area contributed by atoms with E-state index in [2.05, 4.69) is 35.3 Å². The molecule has 0 saturated heterocycles. The highest BCUT2D eigenvalue weighted by Gasteiger charge is 2.30. The molecule has 1 aromatic carbocycles. The number of sulfone groups is 1. The fraction of sp³-hybridized carbons (Fsp3) is 0.222. The Morgan fingerprint density at radius 2 is 1.71 bits per heavy atom. The van der Waals surface area contributed by atoms with Crippen LogP contribution in [0.1, 0.15) is 30.9 Å². The molecule has 16 heteroatoms. The average molecular weight is 517 g/mol. The summed E-state index contributed by atoms with van der Waals surface area (Å²) in [6, 6.07) is 2.56. The van der Waals surface area contributed by atoms with E-state index in [1.54, 1.807) is 6.92 Å². The second-order valence-electron chi connectivity index (χ2n) is 6.83. The van der Waals surface area contributed by atoms with Crippen molar-refractivity contribution in [1.29, 1.82) is 0 Å². The second kappa shape index (κ2) is 9.06. The van der Waals surface area contributed by atoms with Gasteiger partial charge in [0.25, 0.3) is 6.43 Å². The van der Waals surface area contributed by atoms with Gasteiger partial charge in [-0.05, 0) is 19.1 Å². The van der Waals surface area contributed by atoms with E-state index in [0.717, 1.165) is 24.8 Å². The van der Waals surface area contributed by atoms with Crippen LogP contribution >= 0.6 is 11.6 Å². The number of hydrogen-bond donors (Lipinski definition) is 1. The van der Waals surface area contributed by atoms with Crippen LogP contribution in [0.2, 0.25) is 5.02 Å². The van der Waals surface area contributed by atoms with Crippen molar-refractivity contribution in [1.82, 2.24) is 34.7 Å². The van der Waals surface area contributed by atoms with Crippen molar-refractivity contribution in [3.63, 3.8) is 0 Å². The summed E-state index contributed by atoms with van der Waals surface area (Å²) in [4.78, 5) is 18.7. The second-order valence-corrected chi connectivity index (χ2v) is 9.15. The Kier molecular flexibility index (Phi) is 6.31. The number of rotatable bonds is 7. The molecular formula is C18H13ClF4N8O2S. The number of fused-ring (bicyclic) bond motifs is 1. The molecule has 0 aliphatic rings. The summed E-state index contributed by atoms with van der Waals surface area (Å²) < 4.78 is 77.8. The molecule has 0 aliphatic heterocycles. The first kappa shape index (κ1) is 23.7. The van der Waals surface area contributed by atoms with Crippen molar-refractivity contribution in [3.8, 4) is 5.82 Å². The summed E-state index contributed by atoms with van der Waals surface area (Å²) in [5.41, 5.74) is -0.760. The number of alkyl halides is 4. The van der Waals surface area contributed by atoms with Gasteiger partial charge in [0, 0.05) is 16.5 Å². The minimum atomic E-state index is -5.01. The molecule has 0 bridgehead atoms. The average Bonchev–Trinajstić information content (AvgIpc) is 3.29. The SMILES string of the molecule is C[C@H](Nc1ncnc2c(S(=O)(=O)C(F)F)cc(Cl)cc12)c1ncnn1-c1cc(C(F)F)ncn1. The number of nitrogens with one attached hydrogen (secondary N) is 1. The predicted octanol–water partition coefficient (Wildman–Crippen LogP) is 3.76. The van der Waals surface area contributed by atoms with Gasteiger partial charge in [-0.2, -0.15) is 18.6 Å². The van der Waals surface area contributed by atoms with Crippen LogP contribution in [-0.4, -0.2) is 48.9 Å². The molecule has 4 rings (SSSR count). The number of hydrogen-bond acceptors (Lipinski definition) is 9. The minimum Gasteiger partial charge on any atom is -0.360 e. The normalized spacial score (nSPS) is 13.1. The van der Waals surface area contributed by atoms with Crippen molar-refractivity contribution in [2.24, 2.45) is 0 Å². The molecular weight excluding hydrogens is 504 g/mol. The standard InChI is InChI=1S/C18H13ClF4N8O2S/c1-8(17-28-7-29-31(17)13-4-11(15(20)21)24-5-25-13)30-16-10-2-9(19)3-12(14(10)26-6-27-16)34(32,33)18(22)23/h2-8,15,18H,1H3,(H,26,27,30)/t8-/m0/s1. The van der Waals surface area contributed by atoms with E-state index < -0.39 is 38.7 Å². The maximum atomic E-state index is 13.2. The molecule has 4 aromatic rings. The first-order valence-corrected chi connectivity index (χ1v) is 11.2. The molecule has 0 saturated carbocycles. The lowest BCUT2D eigenvalue weighted by molar-refractivity contribution is 0.146. The van der Waals surface area contributed by atoms with E-state index in [1.165, 1.54) is 17.1 Å². The molecule has 34 heavy (non-hydrogen) atoms. The summed E-state index contributed by atoms with van der Waals surface area (Å²) in [7, 11) is -5.01. The van der Waals surface area contributed by atoms with Gasteiger partial charge in [-0.3, -0.25) is 0 Å². The summed E-state index contributed by atoms with van der Waals surface area (Å²) in [5, 5.41) is 6.91. The smallest absolute Gasteiger partial charge is 0.341 e. The Hall–Kier alpha value is -3.46. The van der Waals surface area contributed by atoms with Gasteiger partial charge in [0.15, 0.2) is 11.6 Å². The molecule has 0 unspecified atom stereocenters. The van der Waals surface area contributed by atoms with Crippen molar-refractivity contribution in [2.45, 2.75) is 30.0 Å². The molecule has 0 fully saturated rings. The van der Waals surface area contributed by atoms with Gasteiger partial charge in [0.1, 0.15) is 35.4 Å². The number of halogens is 5. The minimum absolute atomic E-state index is 0.0346. The van der Waals surface area contributed by atoms with E-state index in [4.69, 9.17) is 11.6 Å². The summed E-state index contributed by atoms with van der Waals surface area (Å²) in [6.07, 6.45) is 0.325. The largest absolute Gasteiger partial charge is 0.360 e. The van der Waals surface area contributed by atoms with Crippen molar-refractivity contribution < 1.29 is 26.0 Å². The highest BCUT2D eigenvalue weighted by atomic mass is 35.5. The van der Waals surface area contributed by atoms with Crippen molar-refractivity contribution in [3.05, 3.63) is 53.7 Å². The fourth-order valence-corrected chi connectivity index (χ4v) is 4.32. The first-order chi connectivity index (χ1) is 16.1. The van der Waals surface area contributed by atoms with Crippen LogP contribution < -0.4 is 5.32 Å². The highest BCUT2D eigenvalue weighted by molar-refractivity contribution is 7.92. The van der Waals surface area contributed by atoms with Crippen LogP contribution in [0.3, 0.4) is 0 Å². The van der Waals surface area contributed by atoms with Crippen LogP contribution in [0.25, 0.3) is 16.7 Å². The quantitative estimate of drug-likeness (QED) is 0.365. The summed E-state index contributed by atoms with van der Waals surface area (Å²) >= 11 is 5.99. The lowest BCUT2D eigenvalue weighted by atomic mass is 10.2. The Balaban J connectivity index is 1.75. The zero-order chi connectivity index (χ0) is 24.6. The van der Waals surface area contributed by atoms with Gasteiger partial charge in [0.2, 0.25) is 9.84 Å². The van der Waals surface area contributed by atoms with E-state index in [-0.39, 0.29) is 33.4 Å². The number of nitrogens with zero attached hydrogens (tertiary/aromatic N) is 7. The lowest BCUT2D eigenvalue weighted by Crippen LogP contribution is -2.16. The molecule has 10 nitrogen and oxygen atoms in total. The van der Waals surface area contributed by atoms with Crippen LogP contribution in [0.5, 0.6) is 0 Å². The van der Waals surface area contributed by atoms with Gasteiger partial charge in [0.05, 0.1) is 11.6 Å². The zero-order valence-electron chi connectivity index (χ0n) is 16.9. The van der Waals surface area contributed by atoms with Gasteiger partial charge in [-0.1, -0.05) is 11.6 Å². The molecule has 3 aromatic heterocycles. The van der Waals surface area contributed by atoms with Crippen LogP contribution in [0.4, 0.5) is 23.4 Å². The number of benzene rings is 1. The maximum absolute atomic E-state index is 13.2. The predicted molar refractivity (Wildman–Crippen MR) is 112 cm³/mol. The molecule has 178 valence electrons. The molecule has 3 heterocycles. The molecule has 1 N–H and O–H groups in total. The highest BCUT2D eigenvalue weighted by Crippen LogP contribution is 2.33. The third-order valence-electron chi connectivity index (χ3n) is 4.64. The van der Waals surface area contributed by atoms with Gasteiger partial charge < -0.3 is 5.32 Å². The van der Waals surface area contributed by atoms with Crippen molar-refractivity contribution in [2.75, 3.05) is 5.32 Å². The van der Waals surface area contributed by atoms with E-state index in [1.807, 2.05) is 0 Å². The number of anilines is 1.